The van der Waals surface area contributed by atoms with Gasteiger partial charge in [0.25, 0.3) is 15.9 Å². The third-order valence-electron chi connectivity index (χ3n) is 4.31. The van der Waals surface area contributed by atoms with Crippen LogP contribution in [0.5, 0.6) is 5.75 Å². The van der Waals surface area contributed by atoms with E-state index in [0.29, 0.717) is 5.56 Å². The Bertz CT molecular complexity index is 1500. The summed E-state index contributed by atoms with van der Waals surface area (Å²) in [5.41, 5.74) is 0.473. The number of halogens is 4. The zero-order chi connectivity index (χ0) is 27.4. The number of hydrogen-bond acceptors (Lipinski definition) is 7. The molecule has 3 aromatic rings. The highest BCUT2D eigenvalue weighted by Crippen LogP contribution is 2.36. The fourth-order valence-corrected chi connectivity index (χ4v) is 5.14. The molecule has 3 N–H and O–H groups in total. The Balaban J connectivity index is 1.67. The molecule has 37 heavy (non-hydrogen) atoms. The Labute approximate surface area is 216 Å². The lowest BCUT2D eigenvalue weighted by molar-refractivity contribution is -0.274. The molecule has 11 nitrogen and oxygen atoms in total. The molecule has 0 aliphatic heterocycles. The van der Waals surface area contributed by atoms with Crippen molar-refractivity contribution in [2.45, 2.75) is 24.5 Å². The lowest BCUT2D eigenvalue weighted by Crippen LogP contribution is -2.23. The van der Waals surface area contributed by atoms with Crippen LogP contribution < -0.4 is 14.9 Å². The summed E-state index contributed by atoms with van der Waals surface area (Å²) in [5.74, 6) is -1.19. The molecule has 0 spiro atoms. The van der Waals surface area contributed by atoms with E-state index in [2.05, 4.69) is 19.0 Å². The van der Waals surface area contributed by atoms with Gasteiger partial charge < -0.3 is 19.8 Å². The predicted molar refractivity (Wildman–Crippen MR) is 124 cm³/mol. The molecular formula is C19H16ClF3N3O8PS2. The number of phosphoric ester groups is 1. The SMILES string of the molecule is O=C(NCc1ccc(OC(F)(F)F)c(Cl)c1)c1ccc(S(=O)(=O)N=c2sccn2COP(=O)(O)O)cc1. The number of carbonyl (C=O) groups excluding carboxylic acids is 1. The van der Waals surface area contributed by atoms with E-state index >= 15 is 0 Å². The number of sulfonamides is 1. The minimum atomic E-state index is -4.91. The Morgan fingerprint density at radius 3 is 2.46 bits per heavy atom. The van der Waals surface area contributed by atoms with Gasteiger partial charge in [-0.2, -0.15) is 8.42 Å². The summed E-state index contributed by atoms with van der Waals surface area (Å²) in [6.07, 6.45) is -3.58. The molecule has 0 unspecified atom stereocenters. The Morgan fingerprint density at radius 1 is 1.19 bits per heavy atom. The highest BCUT2D eigenvalue weighted by Gasteiger charge is 2.32. The third-order valence-corrected chi connectivity index (χ3v) is 7.25. The first kappa shape index (κ1) is 28.8. The maximum Gasteiger partial charge on any atom is 0.573 e. The van der Waals surface area contributed by atoms with Crippen molar-refractivity contribution in [1.82, 2.24) is 9.88 Å². The minimum absolute atomic E-state index is 0.0864. The van der Waals surface area contributed by atoms with E-state index in [1.54, 1.807) is 0 Å². The predicted octanol–water partition coefficient (Wildman–Crippen LogP) is 3.39. The molecule has 0 aliphatic carbocycles. The second-order valence-corrected chi connectivity index (χ2v) is 11.1. The van der Waals surface area contributed by atoms with Crippen molar-refractivity contribution in [3.8, 4) is 5.75 Å². The van der Waals surface area contributed by atoms with E-state index in [9.17, 15) is 30.9 Å². The number of rotatable bonds is 9. The zero-order valence-electron chi connectivity index (χ0n) is 18.1. The fraction of sp³-hybridized carbons (Fsp3) is 0.158. The van der Waals surface area contributed by atoms with Crippen molar-refractivity contribution in [2.24, 2.45) is 4.40 Å². The van der Waals surface area contributed by atoms with Crippen LogP contribution in [0.15, 0.2) is 63.3 Å². The van der Waals surface area contributed by atoms with Crippen molar-refractivity contribution in [2.75, 3.05) is 0 Å². The van der Waals surface area contributed by atoms with Crippen LogP contribution in [0, 0.1) is 0 Å². The summed E-state index contributed by atoms with van der Waals surface area (Å²) in [6.45, 7) is -0.722. The van der Waals surface area contributed by atoms with Crippen LogP contribution in [0.4, 0.5) is 13.2 Å². The number of thiazole rings is 1. The first-order valence-electron chi connectivity index (χ1n) is 9.70. The molecule has 0 bridgehead atoms. The van der Waals surface area contributed by atoms with Gasteiger partial charge in [-0.25, -0.2) is 4.57 Å². The maximum atomic E-state index is 12.6. The zero-order valence-corrected chi connectivity index (χ0v) is 21.4. The quantitative estimate of drug-likeness (QED) is 0.315. The smallest absolute Gasteiger partial charge is 0.404 e. The molecule has 18 heteroatoms. The molecule has 0 saturated carbocycles. The molecule has 0 aliphatic rings. The highest BCUT2D eigenvalue weighted by molar-refractivity contribution is 7.90. The Hall–Kier alpha value is -2.72. The summed E-state index contributed by atoms with van der Waals surface area (Å²) < 4.78 is 86.0. The van der Waals surface area contributed by atoms with Gasteiger partial charge in [0, 0.05) is 23.7 Å². The average Bonchev–Trinajstić information content (AvgIpc) is 3.23. The van der Waals surface area contributed by atoms with E-state index in [1.807, 2.05) is 0 Å². The van der Waals surface area contributed by atoms with E-state index in [0.717, 1.165) is 34.1 Å². The lowest BCUT2D eigenvalue weighted by atomic mass is 10.2. The molecular weight excluding hydrogens is 586 g/mol. The van der Waals surface area contributed by atoms with Crippen molar-refractivity contribution >= 4 is 46.7 Å². The van der Waals surface area contributed by atoms with Gasteiger partial charge in [0.2, 0.25) is 4.80 Å². The van der Waals surface area contributed by atoms with E-state index < -0.39 is 42.6 Å². The number of benzene rings is 2. The van der Waals surface area contributed by atoms with E-state index in [4.69, 9.17) is 21.4 Å². The second kappa shape index (κ2) is 11.3. The van der Waals surface area contributed by atoms with E-state index in [1.165, 1.54) is 35.8 Å². The van der Waals surface area contributed by atoms with Crippen LogP contribution in [-0.2, 0) is 32.4 Å². The van der Waals surface area contributed by atoms with Crippen LogP contribution in [-0.4, -0.2) is 35.0 Å². The number of phosphoric acid groups is 1. The average molecular weight is 602 g/mol. The Morgan fingerprint density at radius 2 is 1.86 bits per heavy atom. The van der Waals surface area contributed by atoms with Crippen LogP contribution >= 0.6 is 30.8 Å². The maximum absolute atomic E-state index is 12.6. The molecule has 0 radical (unpaired) electrons. The van der Waals surface area contributed by atoms with Crippen LogP contribution in [0.25, 0.3) is 0 Å². The summed E-state index contributed by atoms with van der Waals surface area (Å²) in [5, 5.41) is 3.66. The van der Waals surface area contributed by atoms with Crippen LogP contribution in [0.3, 0.4) is 0 Å². The number of nitrogens with zero attached hydrogens (tertiary/aromatic N) is 2. The molecule has 1 amide bonds. The van der Waals surface area contributed by atoms with Crippen LogP contribution in [0.2, 0.25) is 5.02 Å². The molecule has 200 valence electrons. The van der Waals surface area contributed by atoms with Gasteiger partial charge in [-0.3, -0.25) is 13.9 Å². The number of alkyl halides is 3. The molecule has 2 aromatic carbocycles. The Kier molecular flexibility index (Phi) is 8.85. The number of carbonyl (C=O) groups is 1. The molecule has 0 saturated heterocycles. The van der Waals surface area contributed by atoms with Gasteiger partial charge in [0.05, 0.1) is 9.92 Å². The van der Waals surface area contributed by atoms with Gasteiger partial charge >= 0.3 is 14.2 Å². The molecule has 0 fully saturated rings. The topological polar surface area (TPSA) is 157 Å². The first-order chi connectivity index (χ1) is 17.1. The van der Waals surface area contributed by atoms with Crippen molar-refractivity contribution in [1.29, 1.82) is 0 Å². The summed E-state index contributed by atoms with van der Waals surface area (Å²) >= 11 is 6.67. The molecule has 0 atom stereocenters. The van der Waals surface area contributed by atoms with Crippen molar-refractivity contribution in [3.05, 3.63) is 75.0 Å². The lowest BCUT2D eigenvalue weighted by Gasteiger charge is -2.12. The highest BCUT2D eigenvalue weighted by atomic mass is 35.5. The fourth-order valence-electron chi connectivity index (χ4n) is 2.69. The molecule has 1 heterocycles. The molecule has 3 rings (SSSR count). The summed E-state index contributed by atoms with van der Waals surface area (Å²) in [7, 11) is -9.04. The van der Waals surface area contributed by atoms with Crippen LogP contribution in [0.1, 0.15) is 15.9 Å². The van der Waals surface area contributed by atoms with Crippen molar-refractivity contribution < 1.29 is 50.0 Å². The number of aromatic nitrogens is 1. The van der Waals surface area contributed by atoms with Gasteiger partial charge in [-0.15, -0.1) is 28.9 Å². The van der Waals surface area contributed by atoms with Gasteiger partial charge in [0.15, 0.2) is 0 Å². The number of hydrogen-bond donors (Lipinski definition) is 3. The van der Waals surface area contributed by atoms with Crippen molar-refractivity contribution in [3.63, 3.8) is 0 Å². The molecule has 1 aromatic heterocycles. The van der Waals surface area contributed by atoms with Gasteiger partial charge in [-0.1, -0.05) is 17.7 Å². The number of ether oxygens (including phenoxy) is 1. The van der Waals surface area contributed by atoms with E-state index in [-0.39, 0.29) is 26.8 Å². The standard InChI is InChI=1S/C19H16ClF3N3O8PS2/c20-15-9-12(1-6-16(15)34-19(21,22)23)10-24-17(27)13-2-4-14(5-3-13)37(31,32)25-18-26(7-8-36-18)11-33-35(28,29)30/h1-9H,10-11H2,(H,24,27)(H2,28,29,30). The first-order valence-corrected chi connectivity index (χ1v) is 13.9. The number of amides is 1. The third kappa shape index (κ3) is 8.67. The minimum Gasteiger partial charge on any atom is -0.404 e. The monoisotopic (exact) mass is 601 g/mol. The normalized spacial score (nSPS) is 13.0. The van der Waals surface area contributed by atoms with Gasteiger partial charge in [-0.05, 0) is 42.0 Å². The summed E-state index contributed by atoms with van der Waals surface area (Å²) in [6, 6.07) is 8.22. The summed E-state index contributed by atoms with van der Waals surface area (Å²) in [4.78, 5) is 29.6. The van der Waals surface area contributed by atoms with Gasteiger partial charge in [0.1, 0.15) is 12.5 Å². The number of nitrogens with one attached hydrogen (secondary N) is 1. The second-order valence-electron chi connectivity index (χ2n) is 6.99. The largest absolute Gasteiger partial charge is 0.573 e.